The summed E-state index contributed by atoms with van der Waals surface area (Å²) < 4.78 is 6.08. The molecule has 0 aromatic carbocycles. The maximum Gasteiger partial charge on any atom is 0.194 e. The lowest BCUT2D eigenvalue weighted by Gasteiger charge is -2.63. The van der Waals surface area contributed by atoms with Crippen molar-refractivity contribution < 1.29 is 4.74 Å². The topological polar surface area (TPSA) is 40.1 Å². The minimum absolute atomic E-state index is 0.411. The Labute approximate surface area is 160 Å². The highest BCUT2D eigenvalue weighted by Crippen LogP contribution is 2.62. The molecule has 0 bridgehead atoms. The molecule has 1 N–H and O–H groups in total. The fourth-order valence-corrected chi connectivity index (χ4v) is 6.36. The number of nitrogens with zero attached hydrogens (tertiary/aromatic N) is 3. The Morgan fingerprint density at radius 3 is 2.85 bits per heavy atom. The van der Waals surface area contributed by atoms with Crippen molar-refractivity contribution in [2.75, 3.05) is 44.2 Å². The van der Waals surface area contributed by atoms with Gasteiger partial charge in [0.15, 0.2) is 5.96 Å². The van der Waals surface area contributed by atoms with E-state index < -0.39 is 0 Å². The number of fused-ring (bicyclic) bond motifs is 2. The number of aliphatic imine (C=N–C) groups is 1. The number of hydrogen-bond acceptors (Lipinski definition) is 4. The summed E-state index contributed by atoms with van der Waals surface area (Å²) in [6.07, 6.45) is 5.77. The molecule has 2 aliphatic heterocycles. The molecular weight excluding hydrogens is 344 g/mol. The van der Waals surface area contributed by atoms with E-state index in [9.17, 15) is 0 Å². The van der Waals surface area contributed by atoms with Crippen LogP contribution in [0.4, 0.5) is 5.00 Å². The lowest BCUT2D eigenvalue weighted by atomic mass is 9.46. The van der Waals surface area contributed by atoms with Gasteiger partial charge >= 0.3 is 0 Å². The molecule has 4 aliphatic rings. The van der Waals surface area contributed by atoms with E-state index in [2.05, 4.69) is 39.6 Å². The summed E-state index contributed by atoms with van der Waals surface area (Å²) in [7, 11) is 0. The quantitative estimate of drug-likeness (QED) is 0.652. The van der Waals surface area contributed by atoms with E-state index in [1.54, 1.807) is 0 Å². The molecule has 1 aromatic heterocycles. The number of guanidine groups is 1. The third kappa shape index (κ3) is 2.56. The number of anilines is 1. The minimum atomic E-state index is 0.411. The highest BCUT2D eigenvalue weighted by atomic mass is 32.1. The second kappa shape index (κ2) is 6.71. The molecule has 5 rings (SSSR count). The Morgan fingerprint density at radius 2 is 2.19 bits per heavy atom. The number of thiophene rings is 1. The number of piperazine rings is 1. The highest BCUT2D eigenvalue weighted by Gasteiger charge is 2.66. The van der Waals surface area contributed by atoms with Crippen molar-refractivity contribution in [3.63, 3.8) is 0 Å². The van der Waals surface area contributed by atoms with E-state index in [1.807, 2.05) is 11.3 Å². The first-order valence-corrected chi connectivity index (χ1v) is 11.2. The van der Waals surface area contributed by atoms with Crippen LogP contribution in [0, 0.1) is 11.3 Å². The van der Waals surface area contributed by atoms with Crippen LogP contribution in [0.2, 0.25) is 0 Å². The second-order valence-corrected chi connectivity index (χ2v) is 9.10. The van der Waals surface area contributed by atoms with Crippen LogP contribution >= 0.6 is 11.3 Å². The SMILES string of the molecule is CCN=C(NC1C2CCOC2C12CCC2)N1CCN(c2cccs2)CC1. The molecule has 2 saturated heterocycles. The maximum atomic E-state index is 6.08. The zero-order valence-electron chi connectivity index (χ0n) is 15.7. The van der Waals surface area contributed by atoms with Crippen molar-refractivity contribution in [1.29, 1.82) is 0 Å². The number of rotatable bonds is 3. The summed E-state index contributed by atoms with van der Waals surface area (Å²) in [5.74, 6) is 1.84. The van der Waals surface area contributed by atoms with Crippen LogP contribution in [0.3, 0.4) is 0 Å². The Balaban J connectivity index is 1.26. The highest BCUT2D eigenvalue weighted by molar-refractivity contribution is 7.14. The predicted molar refractivity (Wildman–Crippen MR) is 107 cm³/mol. The normalized spacial score (nSPS) is 33.0. The fourth-order valence-electron chi connectivity index (χ4n) is 5.57. The van der Waals surface area contributed by atoms with Crippen LogP contribution in [0.5, 0.6) is 0 Å². The van der Waals surface area contributed by atoms with Gasteiger partial charge in [0.1, 0.15) is 0 Å². The Bertz CT molecular complexity index is 649. The molecule has 4 fully saturated rings. The van der Waals surface area contributed by atoms with Gasteiger partial charge in [0.2, 0.25) is 0 Å². The summed E-state index contributed by atoms with van der Waals surface area (Å²) >= 11 is 1.84. The predicted octanol–water partition coefficient (Wildman–Crippen LogP) is 2.79. The molecule has 2 saturated carbocycles. The van der Waals surface area contributed by atoms with Crippen LogP contribution in [0.25, 0.3) is 0 Å². The molecule has 2 aliphatic carbocycles. The zero-order valence-corrected chi connectivity index (χ0v) is 16.5. The van der Waals surface area contributed by atoms with E-state index in [0.717, 1.165) is 45.3 Å². The fraction of sp³-hybridized carbons (Fsp3) is 0.750. The third-order valence-corrected chi connectivity index (χ3v) is 7.95. The summed E-state index contributed by atoms with van der Waals surface area (Å²) in [5, 5.41) is 7.48. The van der Waals surface area contributed by atoms with Crippen molar-refractivity contribution in [2.45, 2.75) is 44.8 Å². The Kier molecular flexibility index (Phi) is 4.36. The van der Waals surface area contributed by atoms with E-state index in [0.29, 0.717) is 23.5 Å². The molecule has 0 amide bonds. The number of hydrogen-bond donors (Lipinski definition) is 1. The average Bonchev–Trinajstić information content (AvgIpc) is 3.28. The molecule has 1 spiro atoms. The van der Waals surface area contributed by atoms with E-state index in [4.69, 9.17) is 9.73 Å². The second-order valence-electron chi connectivity index (χ2n) is 8.18. The van der Waals surface area contributed by atoms with Gasteiger partial charge in [-0.1, -0.05) is 6.42 Å². The van der Waals surface area contributed by atoms with E-state index in [-0.39, 0.29) is 0 Å². The number of nitrogens with one attached hydrogen (secondary N) is 1. The minimum Gasteiger partial charge on any atom is -0.377 e. The smallest absolute Gasteiger partial charge is 0.194 e. The monoisotopic (exact) mass is 374 g/mol. The standard InChI is InChI=1S/C20H30N4OS/c1-2-21-19(24-11-9-23(10-12-24)16-5-3-14-26-16)22-17-15-6-13-25-18(15)20(17)7-4-8-20/h3,5,14-15,17-18H,2,4,6-13H2,1H3,(H,21,22). The number of ether oxygens (including phenoxy) is 1. The Hall–Kier alpha value is -1.27. The van der Waals surface area contributed by atoms with Gasteiger partial charge in [-0.3, -0.25) is 4.99 Å². The van der Waals surface area contributed by atoms with Crippen molar-refractivity contribution in [3.05, 3.63) is 17.5 Å². The first-order chi connectivity index (χ1) is 12.8. The summed E-state index contributed by atoms with van der Waals surface area (Å²) in [5.41, 5.74) is 0.411. The van der Waals surface area contributed by atoms with Gasteiger partial charge in [0.25, 0.3) is 0 Å². The average molecular weight is 375 g/mol. The lowest BCUT2D eigenvalue weighted by Crippen LogP contribution is -2.73. The van der Waals surface area contributed by atoms with Gasteiger partial charge in [-0.2, -0.15) is 0 Å². The summed E-state index contributed by atoms with van der Waals surface area (Å²) in [6.45, 7) is 8.20. The van der Waals surface area contributed by atoms with E-state index in [1.165, 1.54) is 30.7 Å². The van der Waals surface area contributed by atoms with Crippen molar-refractivity contribution in [1.82, 2.24) is 10.2 Å². The molecule has 3 heterocycles. The zero-order chi connectivity index (χ0) is 17.6. The van der Waals surface area contributed by atoms with Gasteiger partial charge in [-0.15, -0.1) is 11.3 Å². The van der Waals surface area contributed by atoms with Gasteiger partial charge in [-0.05, 0) is 43.7 Å². The van der Waals surface area contributed by atoms with Crippen molar-refractivity contribution >= 4 is 22.3 Å². The van der Waals surface area contributed by atoms with Crippen LogP contribution in [0.15, 0.2) is 22.5 Å². The van der Waals surface area contributed by atoms with Gasteiger partial charge < -0.3 is 19.9 Å². The van der Waals surface area contributed by atoms with Crippen LogP contribution in [-0.4, -0.2) is 62.3 Å². The summed E-state index contributed by atoms with van der Waals surface area (Å²) in [6, 6.07) is 4.95. The molecule has 142 valence electrons. The molecule has 5 nitrogen and oxygen atoms in total. The summed E-state index contributed by atoms with van der Waals surface area (Å²) in [4.78, 5) is 9.85. The lowest BCUT2D eigenvalue weighted by molar-refractivity contribution is -0.171. The first-order valence-electron chi connectivity index (χ1n) is 10.3. The van der Waals surface area contributed by atoms with Gasteiger partial charge in [-0.25, -0.2) is 0 Å². The molecule has 0 radical (unpaired) electrons. The van der Waals surface area contributed by atoms with Crippen LogP contribution in [0.1, 0.15) is 32.6 Å². The van der Waals surface area contributed by atoms with Crippen molar-refractivity contribution in [2.24, 2.45) is 16.3 Å². The largest absolute Gasteiger partial charge is 0.377 e. The van der Waals surface area contributed by atoms with Crippen LogP contribution < -0.4 is 10.2 Å². The molecule has 3 unspecified atom stereocenters. The first kappa shape index (κ1) is 16.9. The maximum absolute atomic E-state index is 6.08. The molecule has 26 heavy (non-hydrogen) atoms. The van der Waals surface area contributed by atoms with Gasteiger partial charge in [0, 0.05) is 56.7 Å². The van der Waals surface area contributed by atoms with Crippen LogP contribution in [-0.2, 0) is 4.74 Å². The van der Waals surface area contributed by atoms with E-state index >= 15 is 0 Å². The Morgan fingerprint density at radius 1 is 1.35 bits per heavy atom. The third-order valence-electron chi connectivity index (χ3n) is 7.03. The van der Waals surface area contributed by atoms with Crippen molar-refractivity contribution in [3.8, 4) is 0 Å². The van der Waals surface area contributed by atoms with Gasteiger partial charge in [0.05, 0.1) is 11.1 Å². The molecule has 6 heteroatoms. The molecule has 1 aromatic rings. The molecule has 3 atom stereocenters. The molecular formula is C20H30N4OS.